The van der Waals surface area contributed by atoms with Crippen molar-refractivity contribution >= 4 is 17.7 Å². The van der Waals surface area contributed by atoms with Gasteiger partial charge in [0.2, 0.25) is 5.91 Å². The number of nitrogens with one attached hydrogen (secondary N) is 1. The summed E-state index contributed by atoms with van der Waals surface area (Å²) in [7, 11) is 0. The van der Waals surface area contributed by atoms with Crippen molar-refractivity contribution in [3.05, 3.63) is 59.8 Å². The quantitative estimate of drug-likeness (QED) is 0.714. The van der Waals surface area contributed by atoms with Crippen LogP contribution in [0.1, 0.15) is 24.2 Å². The molecule has 0 saturated carbocycles. The molecule has 0 unspecified atom stereocenters. The van der Waals surface area contributed by atoms with Crippen LogP contribution in [0, 0.1) is 11.7 Å². The van der Waals surface area contributed by atoms with E-state index in [2.05, 4.69) is 10.2 Å². The topological polar surface area (TPSA) is 45.5 Å². The highest BCUT2D eigenvalue weighted by atomic mass is 32.2. The van der Waals surface area contributed by atoms with Crippen LogP contribution in [0.4, 0.5) is 4.39 Å². The lowest BCUT2D eigenvalue weighted by molar-refractivity contribution is -0.126. The summed E-state index contributed by atoms with van der Waals surface area (Å²) in [4.78, 5) is 14.7. The van der Waals surface area contributed by atoms with Crippen molar-refractivity contribution in [2.75, 3.05) is 25.4 Å². The SMILES string of the molecule is O=C(NCCSCc1ccco1)[C@H]1CCCN(Cc2ccc(F)cc2)C1. The molecule has 1 amide bonds. The molecule has 0 radical (unpaired) electrons. The lowest BCUT2D eigenvalue weighted by Crippen LogP contribution is -2.43. The smallest absolute Gasteiger partial charge is 0.224 e. The fourth-order valence-corrected chi connectivity index (χ4v) is 3.98. The van der Waals surface area contributed by atoms with E-state index in [1.165, 1.54) is 12.1 Å². The monoisotopic (exact) mass is 376 g/mol. The molecule has 0 bridgehead atoms. The predicted octanol–water partition coefficient (Wildman–Crippen LogP) is 3.68. The molecule has 1 aromatic carbocycles. The molecule has 3 rings (SSSR count). The van der Waals surface area contributed by atoms with Crippen LogP contribution < -0.4 is 5.32 Å². The van der Waals surface area contributed by atoms with E-state index in [0.717, 1.165) is 55.3 Å². The molecule has 1 aromatic heterocycles. The van der Waals surface area contributed by atoms with Crippen LogP contribution in [0.15, 0.2) is 47.1 Å². The van der Waals surface area contributed by atoms with Crippen molar-refractivity contribution in [3.63, 3.8) is 0 Å². The first kappa shape index (κ1) is 19.0. The Morgan fingerprint density at radius 3 is 2.92 bits per heavy atom. The van der Waals surface area contributed by atoms with Gasteiger partial charge < -0.3 is 9.73 Å². The van der Waals surface area contributed by atoms with E-state index in [0.29, 0.717) is 6.54 Å². The molecular formula is C20H25FN2O2S. The van der Waals surface area contributed by atoms with Gasteiger partial charge >= 0.3 is 0 Å². The third-order valence-corrected chi connectivity index (χ3v) is 5.55. The van der Waals surface area contributed by atoms with Gasteiger partial charge in [-0.3, -0.25) is 9.69 Å². The summed E-state index contributed by atoms with van der Waals surface area (Å²) in [5.74, 6) is 2.64. The number of furan rings is 1. The Bertz CT molecular complexity index is 676. The van der Waals surface area contributed by atoms with Gasteiger partial charge in [-0.25, -0.2) is 4.39 Å². The van der Waals surface area contributed by atoms with Crippen LogP contribution in [-0.2, 0) is 17.1 Å². The highest BCUT2D eigenvalue weighted by Gasteiger charge is 2.25. The van der Waals surface area contributed by atoms with Gasteiger partial charge in [0.15, 0.2) is 0 Å². The second-order valence-electron chi connectivity index (χ2n) is 6.62. The second kappa shape index (κ2) is 9.78. The minimum atomic E-state index is -0.213. The van der Waals surface area contributed by atoms with Crippen LogP contribution in [0.5, 0.6) is 0 Å². The number of thioether (sulfide) groups is 1. The Kier molecular flexibility index (Phi) is 7.14. The lowest BCUT2D eigenvalue weighted by Gasteiger charge is -2.32. The number of benzene rings is 1. The molecule has 1 N–H and O–H groups in total. The largest absolute Gasteiger partial charge is 0.468 e. The summed E-state index contributed by atoms with van der Waals surface area (Å²) in [6, 6.07) is 10.5. The molecule has 0 aliphatic carbocycles. The van der Waals surface area contributed by atoms with Crippen molar-refractivity contribution < 1.29 is 13.6 Å². The first-order chi connectivity index (χ1) is 12.7. The molecular weight excluding hydrogens is 351 g/mol. The maximum Gasteiger partial charge on any atom is 0.224 e. The lowest BCUT2D eigenvalue weighted by atomic mass is 9.96. The van der Waals surface area contributed by atoms with Gasteiger partial charge in [-0.1, -0.05) is 12.1 Å². The molecule has 140 valence electrons. The zero-order valence-electron chi connectivity index (χ0n) is 14.8. The maximum atomic E-state index is 13.0. The van der Waals surface area contributed by atoms with E-state index in [9.17, 15) is 9.18 Å². The van der Waals surface area contributed by atoms with Crippen LogP contribution in [0.3, 0.4) is 0 Å². The average Bonchev–Trinajstić information content (AvgIpc) is 3.17. The van der Waals surface area contributed by atoms with Gasteiger partial charge in [0.05, 0.1) is 17.9 Å². The number of halogens is 1. The Hall–Kier alpha value is -1.79. The number of amides is 1. The third kappa shape index (κ3) is 5.88. The highest BCUT2D eigenvalue weighted by molar-refractivity contribution is 7.98. The molecule has 6 heteroatoms. The predicted molar refractivity (Wildman–Crippen MR) is 102 cm³/mol. The first-order valence-corrected chi connectivity index (χ1v) is 10.2. The van der Waals surface area contributed by atoms with Crippen LogP contribution >= 0.6 is 11.8 Å². The molecule has 0 spiro atoms. The van der Waals surface area contributed by atoms with E-state index in [-0.39, 0.29) is 17.6 Å². The molecule has 1 saturated heterocycles. The molecule has 1 aliphatic rings. The van der Waals surface area contributed by atoms with Crippen molar-refractivity contribution in [1.82, 2.24) is 10.2 Å². The molecule has 2 heterocycles. The Balaban J connectivity index is 1.36. The van der Waals surface area contributed by atoms with E-state index in [4.69, 9.17) is 4.42 Å². The Morgan fingerprint density at radius 1 is 1.31 bits per heavy atom. The number of likely N-dealkylation sites (tertiary alicyclic amines) is 1. The number of nitrogens with zero attached hydrogens (tertiary/aromatic N) is 1. The fraction of sp³-hybridized carbons (Fsp3) is 0.450. The summed E-state index contributed by atoms with van der Waals surface area (Å²) < 4.78 is 18.3. The first-order valence-electron chi connectivity index (χ1n) is 9.05. The van der Waals surface area contributed by atoms with Crippen LogP contribution in [0.2, 0.25) is 0 Å². The van der Waals surface area contributed by atoms with Crippen molar-refractivity contribution in [3.8, 4) is 0 Å². The van der Waals surface area contributed by atoms with Crippen molar-refractivity contribution in [2.45, 2.75) is 25.1 Å². The number of hydrogen-bond donors (Lipinski definition) is 1. The molecule has 1 atom stereocenters. The number of carbonyl (C=O) groups excluding carboxylic acids is 1. The van der Waals surface area contributed by atoms with Gasteiger partial charge in [-0.15, -0.1) is 0 Å². The molecule has 4 nitrogen and oxygen atoms in total. The van der Waals surface area contributed by atoms with Gasteiger partial charge in [0.25, 0.3) is 0 Å². The van der Waals surface area contributed by atoms with Crippen LogP contribution in [0.25, 0.3) is 0 Å². The molecule has 2 aromatic rings. The zero-order valence-corrected chi connectivity index (χ0v) is 15.6. The molecule has 26 heavy (non-hydrogen) atoms. The summed E-state index contributed by atoms with van der Waals surface area (Å²) in [6.45, 7) is 3.20. The number of piperidine rings is 1. The summed E-state index contributed by atoms with van der Waals surface area (Å²) in [6.07, 6.45) is 3.64. The molecule has 1 aliphatic heterocycles. The van der Waals surface area contributed by atoms with Gasteiger partial charge in [0.1, 0.15) is 11.6 Å². The Labute approximate surface area is 158 Å². The zero-order chi connectivity index (χ0) is 18.2. The fourth-order valence-electron chi connectivity index (χ4n) is 3.22. The maximum absolute atomic E-state index is 13.0. The number of carbonyl (C=O) groups is 1. The van der Waals surface area contributed by atoms with E-state index >= 15 is 0 Å². The minimum absolute atomic E-state index is 0.0410. The highest BCUT2D eigenvalue weighted by Crippen LogP contribution is 2.19. The average molecular weight is 376 g/mol. The van der Waals surface area contributed by atoms with E-state index in [1.807, 2.05) is 24.3 Å². The molecule has 1 fully saturated rings. The van der Waals surface area contributed by atoms with Crippen molar-refractivity contribution in [2.24, 2.45) is 5.92 Å². The number of hydrogen-bond acceptors (Lipinski definition) is 4. The number of rotatable bonds is 8. The standard InChI is InChI=1S/C20H25FN2O2S/c21-18-7-5-16(6-8-18)13-23-10-1-3-17(14-23)20(24)22-9-12-26-15-19-4-2-11-25-19/h2,4-8,11,17H,1,3,9-10,12-15H2,(H,22,24)/t17-/m0/s1. The van der Waals surface area contributed by atoms with Crippen molar-refractivity contribution in [1.29, 1.82) is 0 Å². The summed E-state index contributed by atoms with van der Waals surface area (Å²) in [5, 5.41) is 3.06. The third-order valence-electron chi connectivity index (χ3n) is 4.57. The van der Waals surface area contributed by atoms with Gasteiger partial charge in [-0.05, 0) is 49.2 Å². The van der Waals surface area contributed by atoms with E-state index < -0.39 is 0 Å². The summed E-state index contributed by atoms with van der Waals surface area (Å²) >= 11 is 1.75. The summed E-state index contributed by atoms with van der Waals surface area (Å²) in [5.41, 5.74) is 1.08. The normalized spacial score (nSPS) is 18.0. The van der Waals surface area contributed by atoms with Crippen LogP contribution in [-0.4, -0.2) is 36.2 Å². The van der Waals surface area contributed by atoms with E-state index in [1.54, 1.807) is 18.0 Å². The second-order valence-corrected chi connectivity index (χ2v) is 7.73. The minimum Gasteiger partial charge on any atom is -0.468 e. The Morgan fingerprint density at radius 2 is 2.15 bits per heavy atom. The van der Waals surface area contributed by atoms with Gasteiger partial charge in [-0.2, -0.15) is 11.8 Å². The van der Waals surface area contributed by atoms with Gasteiger partial charge in [0, 0.05) is 25.4 Å².